The van der Waals surface area contributed by atoms with Gasteiger partial charge in [0.2, 0.25) is 0 Å². The normalized spacial score (nSPS) is 12.5. The highest BCUT2D eigenvalue weighted by atomic mass is 32.1. The number of methoxy groups -OCH3 is 1. The number of carboxylic acids is 1. The highest BCUT2D eigenvalue weighted by Crippen LogP contribution is 2.24. The van der Waals surface area contributed by atoms with E-state index in [2.05, 4.69) is 15.3 Å². The van der Waals surface area contributed by atoms with Crippen LogP contribution in [-0.2, 0) is 9.53 Å². The van der Waals surface area contributed by atoms with Crippen LogP contribution in [0.5, 0.6) is 0 Å². The number of thiophene rings is 1. The Morgan fingerprint density at radius 3 is 3.16 bits per heavy atom. The maximum atomic E-state index is 11.2. The van der Waals surface area contributed by atoms with E-state index >= 15 is 0 Å². The van der Waals surface area contributed by atoms with E-state index in [1.54, 1.807) is 7.11 Å². The summed E-state index contributed by atoms with van der Waals surface area (Å²) in [7, 11) is 1.60. The summed E-state index contributed by atoms with van der Waals surface area (Å²) in [4.78, 5) is 20.3. The van der Waals surface area contributed by atoms with Gasteiger partial charge in [0.05, 0.1) is 5.39 Å². The van der Waals surface area contributed by atoms with Gasteiger partial charge in [-0.25, -0.2) is 14.8 Å². The predicted molar refractivity (Wildman–Crippen MR) is 73.6 cm³/mol. The Balaban J connectivity index is 2.12. The Kier molecular flexibility index (Phi) is 4.64. The van der Waals surface area contributed by atoms with Crippen molar-refractivity contribution in [3.8, 4) is 0 Å². The molecule has 102 valence electrons. The zero-order valence-electron chi connectivity index (χ0n) is 10.5. The Hall–Kier alpha value is -1.73. The first-order valence-corrected chi connectivity index (χ1v) is 6.77. The van der Waals surface area contributed by atoms with E-state index in [-0.39, 0.29) is 0 Å². The first-order valence-electron chi connectivity index (χ1n) is 5.89. The number of hydrogen-bond donors (Lipinski definition) is 2. The molecule has 0 bridgehead atoms. The number of fused-ring (bicyclic) bond motifs is 1. The minimum Gasteiger partial charge on any atom is -0.480 e. The topological polar surface area (TPSA) is 84.3 Å². The first-order chi connectivity index (χ1) is 9.22. The third-order valence-electron chi connectivity index (χ3n) is 2.71. The largest absolute Gasteiger partial charge is 0.480 e. The van der Waals surface area contributed by atoms with Crippen LogP contribution in [-0.4, -0.2) is 40.8 Å². The smallest absolute Gasteiger partial charge is 0.326 e. The quantitative estimate of drug-likeness (QED) is 0.755. The SMILES string of the molecule is COCCCC(Nc1ncnc2sccc12)C(=O)O. The first kappa shape index (κ1) is 13.7. The lowest BCUT2D eigenvalue weighted by Crippen LogP contribution is -2.30. The summed E-state index contributed by atoms with van der Waals surface area (Å²) in [6, 6.07) is 1.21. The van der Waals surface area contributed by atoms with Crippen molar-refractivity contribution < 1.29 is 14.6 Å². The number of carbonyl (C=O) groups is 1. The number of nitrogens with one attached hydrogen (secondary N) is 1. The Bertz CT molecular complexity index is 558. The molecular formula is C12H15N3O3S. The summed E-state index contributed by atoms with van der Waals surface area (Å²) in [5.41, 5.74) is 0. The monoisotopic (exact) mass is 281 g/mol. The molecule has 0 fully saturated rings. The summed E-state index contributed by atoms with van der Waals surface area (Å²) in [6.45, 7) is 0.545. The Morgan fingerprint density at radius 1 is 1.58 bits per heavy atom. The summed E-state index contributed by atoms with van der Waals surface area (Å²) < 4.78 is 4.94. The lowest BCUT2D eigenvalue weighted by atomic mass is 10.1. The Labute approximate surface area is 114 Å². The standard InChI is InChI=1S/C12H15N3O3S/c1-18-5-2-3-9(12(16)17)15-10-8-4-6-19-11(8)14-7-13-10/h4,6-7,9H,2-3,5H2,1H3,(H,16,17)(H,13,14,15). The molecule has 2 N–H and O–H groups in total. The second-order valence-electron chi connectivity index (χ2n) is 4.03. The summed E-state index contributed by atoms with van der Waals surface area (Å²) in [5, 5.41) is 14.9. The summed E-state index contributed by atoms with van der Waals surface area (Å²) >= 11 is 1.50. The molecule has 7 heteroatoms. The van der Waals surface area contributed by atoms with Crippen molar-refractivity contribution in [2.45, 2.75) is 18.9 Å². The lowest BCUT2D eigenvalue weighted by molar-refractivity contribution is -0.138. The van der Waals surface area contributed by atoms with Gasteiger partial charge >= 0.3 is 5.97 Å². The van der Waals surface area contributed by atoms with Crippen LogP contribution in [0.3, 0.4) is 0 Å². The highest BCUT2D eigenvalue weighted by molar-refractivity contribution is 7.16. The fraction of sp³-hybridized carbons (Fsp3) is 0.417. The molecule has 0 aromatic carbocycles. The van der Waals surface area contributed by atoms with Crippen molar-refractivity contribution in [1.82, 2.24) is 9.97 Å². The van der Waals surface area contributed by atoms with Gasteiger partial charge in [0.15, 0.2) is 0 Å². The second kappa shape index (κ2) is 6.44. The zero-order chi connectivity index (χ0) is 13.7. The van der Waals surface area contributed by atoms with Gasteiger partial charge in [0.25, 0.3) is 0 Å². The van der Waals surface area contributed by atoms with E-state index in [0.29, 0.717) is 25.3 Å². The molecule has 2 aromatic rings. The number of ether oxygens (including phenoxy) is 1. The van der Waals surface area contributed by atoms with Gasteiger partial charge in [-0.15, -0.1) is 11.3 Å². The van der Waals surface area contributed by atoms with Crippen molar-refractivity contribution in [2.24, 2.45) is 0 Å². The number of aliphatic carboxylic acids is 1. The molecule has 2 rings (SSSR count). The molecule has 0 saturated heterocycles. The maximum Gasteiger partial charge on any atom is 0.326 e. The van der Waals surface area contributed by atoms with Crippen molar-refractivity contribution >= 4 is 33.3 Å². The van der Waals surface area contributed by atoms with E-state index in [1.165, 1.54) is 17.7 Å². The molecule has 0 spiro atoms. The molecule has 0 aliphatic heterocycles. The maximum absolute atomic E-state index is 11.2. The molecular weight excluding hydrogens is 266 g/mol. The van der Waals surface area contributed by atoms with Crippen LogP contribution < -0.4 is 5.32 Å². The van der Waals surface area contributed by atoms with Crippen LogP contribution in [0.2, 0.25) is 0 Å². The van der Waals surface area contributed by atoms with Crippen molar-refractivity contribution in [1.29, 1.82) is 0 Å². The average Bonchev–Trinajstić information content (AvgIpc) is 2.86. The average molecular weight is 281 g/mol. The van der Waals surface area contributed by atoms with Crippen LogP contribution in [0.4, 0.5) is 5.82 Å². The molecule has 6 nitrogen and oxygen atoms in total. The molecule has 0 saturated carbocycles. The predicted octanol–water partition coefficient (Wildman–Crippen LogP) is 1.98. The third-order valence-corrected chi connectivity index (χ3v) is 3.53. The van der Waals surface area contributed by atoms with E-state index in [9.17, 15) is 9.90 Å². The van der Waals surface area contributed by atoms with Crippen LogP contribution in [0.1, 0.15) is 12.8 Å². The van der Waals surface area contributed by atoms with Gasteiger partial charge in [0.1, 0.15) is 23.0 Å². The number of anilines is 1. The molecule has 0 amide bonds. The van der Waals surface area contributed by atoms with Crippen LogP contribution in [0, 0.1) is 0 Å². The molecule has 2 aromatic heterocycles. The van der Waals surface area contributed by atoms with E-state index in [0.717, 1.165) is 10.2 Å². The van der Waals surface area contributed by atoms with Crippen molar-refractivity contribution in [2.75, 3.05) is 19.0 Å². The van der Waals surface area contributed by atoms with Crippen LogP contribution in [0.15, 0.2) is 17.8 Å². The minimum atomic E-state index is -0.891. The number of nitrogens with zero attached hydrogens (tertiary/aromatic N) is 2. The van der Waals surface area contributed by atoms with E-state index < -0.39 is 12.0 Å². The second-order valence-corrected chi connectivity index (χ2v) is 4.93. The van der Waals surface area contributed by atoms with Gasteiger partial charge in [-0.1, -0.05) is 0 Å². The minimum absolute atomic E-state index is 0.485. The molecule has 0 aliphatic carbocycles. The van der Waals surface area contributed by atoms with Gasteiger partial charge in [-0.3, -0.25) is 0 Å². The zero-order valence-corrected chi connectivity index (χ0v) is 11.3. The summed E-state index contributed by atoms with van der Waals surface area (Å²) in [5.74, 6) is -0.325. The van der Waals surface area contributed by atoms with Crippen molar-refractivity contribution in [3.05, 3.63) is 17.8 Å². The third kappa shape index (κ3) is 3.39. The van der Waals surface area contributed by atoms with Crippen LogP contribution in [0.25, 0.3) is 10.2 Å². The number of carboxylic acid groups (broad SMARTS) is 1. The molecule has 1 unspecified atom stereocenters. The number of aromatic nitrogens is 2. The van der Waals surface area contributed by atoms with Gasteiger partial charge in [0, 0.05) is 13.7 Å². The molecule has 19 heavy (non-hydrogen) atoms. The number of hydrogen-bond acceptors (Lipinski definition) is 6. The van der Waals surface area contributed by atoms with Crippen molar-refractivity contribution in [3.63, 3.8) is 0 Å². The van der Waals surface area contributed by atoms with Gasteiger partial charge in [-0.05, 0) is 24.3 Å². The summed E-state index contributed by atoms with van der Waals surface area (Å²) in [6.07, 6.45) is 2.60. The lowest BCUT2D eigenvalue weighted by Gasteiger charge is -2.15. The molecule has 0 radical (unpaired) electrons. The molecule has 2 heterocycles. The highest BCUT2D eigenvalue weighted by Gasteiger charge is 2.18. The van der Waals surface area contributed by atoms with Gasteiger partial charge in [-0.2, -0.15) is 0 Å². The fourth-order valence-corrected chi connectivity index (χ4v) is 2.49. The van der Waals surface area contributed by atoms with E-state index in [1.807, 2.05) is 11.4 Å². The van der Waals surface area contributed by atoms with Crippen LogP contribution >= 0.6 is 11.3 Å². The Morgan fingerprint density at radius 2 is 2.42 bits per heavy atom. The molecule has 0 aliphatic rings. The van der Waals surface area contributed by atoms with E-state index in [4.69, 9.17) is 4.74 Å². The molecule has 1 atom stereocenters. The number of rotatable bonds is 7. The fourth-order valence-electron chi connectivity index (χ4n) is 1.76. The van der Waals surface area contributed by atoms with Gasteiger partial charge < -0.3 is 15.2 Å².